The van der Waals surface area contributed by atoms with E-state index in [1.54, 1.807) is 11.1 Å². The van der Waals surface area contributed by atoms with Crippen LogP contribution in [-0.4, -0.2) is 65.0 Å². The number of hydrogen-bond donors (Lipinski definition) is 0. The highest BCUT2D eigenvalue weighted by Gasteiger charge is 2.29. The second kappa shape index (κ2) is 10.1. The number of nitrogens with zero attached hydrogens (tertiary/aromatic N) is 4. The van der Waals surface area contributed by atoms with Gasteiger partial charge in [-0.15, -0.1) is 0 Å². The number of piperazine rings is 1. The normalized spacial score (nSPS) is 15.0. The van der Waals surface area contributed by atoms with E-state index in [9.17, 15) is 13.2 Å². The van der Waals surface area contributed by atoms with Gasteiger partial charge >= 0.3 is 0 Å². The predicted molar refractivity (Wildman–Crippen MR) is 131 cm³/mol. The number of carbonyl (C=O) groups is 1. The zero-order valence-corrected chi connectivity index (χ0v) is 20.5. The Bertz CT molecular complexity index is 1220. The average molecular weight is 485 g/mol. The van der Waals surface area contributed by atoms with Crippen LogP contribution in [0.1, 0.15) is 16.7 Å². The first-order chi connectivity index (χ1) is 15.8. The van der Waals surface area contributed by atoms with Crippen LogP contribution in [0.3, 0.4) is 0 Å². The van der Waals surface area contributed by atoms with Crippen LogP contribution in [0.4, 0.5) is 0 Å². The Morgan fingerprint density at radius 1 is 1.03 bits per heavy atom. The molecule has 1 fully saturated rings. The lowest BCUT2D eigenvalue weighted by atomic mass is 10.1. The van der Waals surface area contributed by atoms with Crippen LogP contribution in [0.2, 0.25) is 0 Å². The number of rotatable bonds is 7. The molecule has 2 aromatic carbocycles. The van der Waals surface area contributed by atoms with E-state index >= 15 is 0 Å². The van der Waals surface area contributed by atoms with Crippen LogP contribution in [0.5, 0.6) is 0 Å². The van der Waals surface area contributed by atoms with Gasteiger partial charge in [0.25, 0.3) is 0 Å². The maximum absolute atomic E-state index is 12.8. The van der Waals surface area contributed by atoms with E-state index in [2.05, 4.69) is 37.0 Å². The van der Waals surface area contributed by atoms with Gasteiger partial charge in [-0.3, -0.25) is 9.36 Å². The van der Waals surface area contributed by atoms with Gasteiger partial charge in [0, 0.05) is 38.6 Å². The van der Waals surface area contributed by atoms with Crippen LogP contribution < -0.4 is 0 Å². The number of sulfonamides is 1. The second-order valence-corrected chi connectivity index (χ2v) is 11.1. The van der Waals surface area contributed by atoms with Crippen molar-refractivity contribution in [2.45, 2.75) is 24.8 Å². The summed E-state index contributed by atoms with van der Waals surface area (Å²) in [7, 11) is -3.40. The number of imidazole rings is 1. The third-order valence-electron chi connectivity index (χ3n) is 5.73. The molecule has 3 aromatic rings. The molecule has 2 heterocycles. The SMILES string of the molecule is Cc1ccc(C)c(-n2ccnc2SCC(=O)N2CCN(S(=O)(=O)Cc3ccccc3)CC2)c1. The lowest BCUT2D eigenvalue weighted by Gasteiger charge is -2.34. The Hall–Kier alpha value is -2.62. The van der Waals surface area contributed by atoms with Gasteiger partial charge in [-0.05, 0) is 36.6 Å². The van der Waals surface area contributed by atoms with Gasteiger partial charge in [0.15, 0.2) is 5.16 Å². The van der Waals surface area contributed by atoms with Crippen LogP contribution in [0, 0.1) is 13.8 Å². The highest BCUT2D eigenvalue weighted by molar-refractivity contribution is 7.99. The van der Waals surface area contributed by atoms with Crippen LogP contribution >= 0.6 is 11.8 Å². The van der Waals surface area contributed by atoms with Crippen molar-refractivity contribution >= 4 is 27.7 Å². The molecule has 0 atom stereocenters. The van der Waals surface area contributed by atoms with Gasteiger partial charge in [0.1, 0.15) is 0 Å². The fraction of sp³-hybridized carbons (Fsp3) is 0.333. The summed E-state index contributed by atoms with van der Waals surface area (Å²) in [5, 5.41) is 0.765. The highest BCUT2D eigenvalue weighted by Crippen LogP contribution is 2.24. The van der Waals surface area contributed by atoms with Gasteiger partial charge in [0.05, 0.1) is 17.2 Å². The molecule has 0 aliphatic carbocycles. The first-order valence-electron chi connectivity index (χ1n) is 10.9. The molecule has 0 bridgehead atoms. The minimum Gasteiger partial charge on any atom is -0.339 e. The van der Waals surface area contributed by atoms with E-state index in [-0.39, 0.29) is 17.4 Å². The standard InChI is InChI=1S/C24H28N4O3S2/c1-19-8-9-20(2)22(16-19)28-11-10-25-24(28)32-17-23(29)26-12-14-27(15-13-26)33(30,31)18-21-6-4-3-5-7-21/h3-11,16H,12-15,17-18H2,1-2H3. The van der Waals surface area contributed by atoms with Gasteiger partial charge in [-0.25, -0.2) is 13.4 Å². The molecule has 0 radical (unpaired) electrons. The first-order valence-corrected chi connectivity index (χ1v) is 13.5. The Labute approximate surface area is 199 Å². The maximum atomic E-state index is 12.8. The van der Waals surface area contributed by atoms with E-state index in [4.69, 9.17) is 0 Å². The summed E-state index contributed by atoms with van der Waals surface area (Å²) in [4.78, 5) is 19.0. The average Bonchev–Trinajstić information content (AvgIpc) is 3.28. The number of hydrogen-bond acceptors (Lipinski definition) is 5. The second-order valence-electron chi connectivity index (χ2n) is 8.18. The maximum Gasteiger partial charge on any atom is 0.233 e. The van der Waals surface area contributed by atoms with Gasteiger partial charge < -0.3 is 4.90 Å². The van der Waals surface area contributed by atoms with Gasteiger partial charge in [-0.1, -0.05) is 54.2 Å². The van der Waals surface area contributed by atoms with Crippen molar-refractivity contribution in [3.8, 4) is 5.69 Å². The quantitative estimate of drug-likeness (QED) is 0.481. The zero-order valence-electron chi connectivity index (χ0n) is 18.8. The van der Waals surface area contributed by atoms with Crippen molar-refractivity contribution < 1.29 is 13.2 Å². The van der Waals surface area contributed by atoms with Crippen LogP contribution in [0.25, 0.3) is 5.69 Å². The molecule has 0 saturated carbocycles. The Balaban J connectivity index is 1.33. The van der Waals surface area contributed by atoms with E-state index < -0.39 is 10.0 Å². The lowest BCUT2D eigenvalue weighted by Crippen LogP contribution is -2.51. The number of carbonyl (C=O) groups excluding carboxylic acids is 1. The molecule has 1 aromatic heterocycles. The number of benzene rings is 2. The molecule has 9 heteroatoms. The summed E-state index contributed by atoms with van der Waals surface area (Å²) in [6.45, 7) is 5.55. The summed E-state index contributed by atoms with van der Waals surface area (Å²) < 4.78 is 29.0. The molecule has 7 nitrogen and oxygen atoms in total. The highest BCUT2D eigenvalue weighted by atomic mass is 32.2. The summed E-state index contributed by atoms with van der Waals surface area (Å²) in [5.74, 6) is 0.243. The summed E-state index contributed by atoms with van der Waals surface area (Å²) >= 11 is 1.40. The van der Waals surface area contributed by atoms with Crippen molar-refractivity contribution in [1.82, 2.24) is 18.8 Å². The first kappa shape index (κ1) is 23.5. The molecule has 1 aliphatic heterocycles. The van der Waals surface area contributed by atoms with E-state index in [1.165, 1.54) is 16.1 Å². The Kier molecular flexibility index (Phi) is 7.21. The molecule has 0 spiro atoms. The molecule has 1 amide bonds. The largest absolute Gasteiger partial charge is 0.339 e. The summed E-state index contributed by atoms with van der Waals surface area (Å²) in [5.41, 5.74) is 4.13. The van der Waals surface area contributed by atoms with E-state index in [0.29, 0.717) is 26.2 Å². The Morgan fingerprint density at radius 2 is 1.76 bits per heavy atom. The number of aromatic nitrogens is 2. The van der Waals surface area contributed by atoms with E-state index in [0.717, 1.165) is 27.5 Å². The van der Waals surface area contributed by atoms with E-state index in [1.807, 2.05) is 41.1 Å². The van der Waals surface area contributed by atoms with Crippen molar-refractivity contribution in [1.29, 1.82) is 0 Å². The van der Waals surface area contributed by atoms with Crippen molar-refractivity contribution in [3.05, 3.63) is 77.6 Å². The summed E-state index contributed by atoms with van der Waals surface area (Å²) in [6.07, 6.45) is 3.65. The fourth-order valence-electron chi connectivity index (χ4n) is 3.87. The molecule has 1 saturated heterocycles. The zero-order chi connectivity index (χ0) is 23.4. The molecule has 33 heavy (non-hydrogen) atoms. The molecule has 1 aliphatic rings. The number of amides is 1. The fourth-order valence-corrected chi connectivity index (χ4v) is 6.25. The van der Waals surface area contributed by atoms with Crippen molar-refractivity contribution in [2.24, 2.45) is 0 Å². The third-order valence-corrected chi connectivity index (χ3v) is 8.53. The van der Waals surface area contributed by atoms with Crippen molar-refractivity contribution in [3.63, 3.8) is 0 Å². The molecular weight excluding hydrogens is 456 g/mol. The van der Waals surface area contributed by atoms with Crippen LogP contribution in [-0.2, 0) is 20.6 Å². The third kappa shape index (κ3) is 5.66. The molecule has 174 valence electrons. The summed E-state index contributed by atoms with van der Waals surface area (Å²) in [6, 6.07) is 15.4. The minimum atomic E-state index is -3.40. The number of thioether (sulfide) groups is 1. The molecule has 4 rings (SSSR count). The molecule has 0 unspecified atom stereocenters. The van der Waals surface area contributed by atoms with Gasteiger partial charge in [0.2, 0.25) is 15.9 Å². The topological polar surface area (TPSA) is 75.5 Å². The monoisotopic (exact) mass is 484 g/mol. The minimum absolute atomic E-state index is 0.00405. The van der Waals surface area contributed by atoms with Gasteiger partial charge in [-0.2, -0.15) is 4.31 Å². The van der Waals surface area contributed by atoms with Crippen LogP contribution in [0.15, 0.2) is 66.1 Å². The van der Waals surface area contributed by atoms with Crippen molar-refractivity contribution in [2.75, 3.05) is 31.9 Å². The smallest absolute Gasteiger partial charge is 0.233 e. The number of aryl methyl sites for hydroxylation is 2. The molecule has 0 N–H and O–H groups in total. The lowest BCUT2D eigenvalue weighted by molar-refractivity contribution is -0.129. The predicted octanol–water partition coefficient (Wildman–Crippen LogP) is 3.26. The Morgan fingerprint density at radius 3 is 2.48 bits per heavy atom. The molecular formula is C24H28N4O3S2.